The molecule has 2 aliphatic heterocycles. The van der Waals surface area contributed by atoms with Crippen molar-refractivity contribution in [2.75, 3.05) is 32.3 Å². The number of rotatable bonds is 4. The summed E-state index contributed by atoms with van der Waals surface area (Å²) in [4.78, 5) is 29.5. The lowest BCUT2D eigenvalue weighted by Gasteiger charge is -2.34. The lowest BCUT2D eigenvalue weighted by atomic mass is 9.94. The van der Waals surface area contributed by atoms with Crippen molar-refractivity contribution in [3.8, 4) is 22.4 Å². The van der Waals surface area contributed by atoms with Crippen molar-refractivity contribution in [3.05, 3.63) is 82.1 Å². The molecule has 0 bridgehead atoms. The number of likely N-dealkylation sites (tertiary alicyclic amines) is 1. The van der Waals surface area contributed by atoms with Crippen molar-refractivity contribution in [2.45, 2.75) is 25.4 Å². The van der Waals surface area contributed by atoms with Gasteiger partial charge in [0.25, 0.3) is 11.5 Å². The smallest absolute Gasteiger partial charge is 0.277 e. The summed E-state index contributed by atoms with van der Waals surface area (Å²) < 4.78 is 7.06. The highest BCUT2D eigenvalue weighted by atomic mass is 16.5. The van der Waals surface area contributed by atoms with E-state index in [0.717, 1.165) is 29.5 Å². The van der Waals surface area contributed by atoms with Gasteiger partial charge in [-0.25, -0.2) is 4.68 Å². The first-order valence-electron chi connectivity index (χ1n) is 11.0. The Morgan fingerprint density at radius 3 is 2.59 bits per heavy atom. The van der Waals surface area contributed by atoms with Crippen LogP contribution in [0.4, 0.5) is 0 Å². The normalized spacial score (nSPS) is 17.2. The molecule has 6 heteroatoms. The van der Waals surface area contributed by atoms with Gasteiger partial charge < -0.3 is 14.6 Å². The van der Waals surface area contributed by atoms with Gasteiger partial charge in [0.05, 0.1) is 30.5 Å². The number of methoxy groups -OCH3 is 1. The summed E-state index contributed by atoms with van der Waals surface area (Å²) in [5.41, 5.74) is 4.50. The molecule has 6 nitrogen and oxygen atoms in total. The van der Waals surface area contributed by atoms with E-state index in [-0.39, 0.29) is 17.5 Å². The topological polar surface area (TPSA) is 54.8 Å². The Morgan fingerprint density at radius 2 is 1.81 bits per heavy atom. The monoisotopic (exact) mass is 429 g/mol. The van der Waals surface area contributed by atoms with Crippen LogP contribution in [0.25, 0.3) is 22.4 Å². The van der Waals surface area contributed by atoms with Crippen LogP contribution < -0.4 is 10.6 Å². The summed E-state index contributed by atoms with van der Waals surface area (Å²) in [6.07, 6.45) is 1.88. The van der Waals surface area contributed by atoms with E-state index in [9.17, 15) is 9.59 Å². The molecule has 1 saturated heterocycles. The Labute approximate surface area is 187 Å². The number of aromatic nitrogens is 1. The second kappa shape index (κ2) is 8.28. The molecular weight excluding hydrogens is 402 g/mol. The summed E-state index contributed by atoms with van der Waals surface area (Å²) in [7, 11) is 3.57. The molecule has 32 heavy (non-hydrogen) atoms. The van der Waals surface area contributed by atoms with Gasteiger partial charge in [-0.2, -0.15) is 0 Å². The molecular formula is C26H27N3O3. The maximum Gasteiger partial charge on any atom is 0.277 e. The van der Waals surface area contributed by atoms with Gasteiger partial charge in [-0.1, -0.05) is 54.6 Å². The van der Waals surface area contributed by atoms with Gasteiger partial charge in [0, 0.05) is 31.8 Å². The van der Waals surface area contributed by atoms with Gasteiger partial charge in [0.1, 0.15) is 0 Å². The van der Waals surface area contributed by atoms with Gasteiger partial charge >= 0.3 is 0 Å². The van der Waals surface area contributed by atoms with Crippen LogP contribution in [0, 0.1) is 0 Å². The molecule has 2 aromatic carbocycles. The van der Waals surface area contributed by atoms with Crippen molar-refractivity contribution in [2.24, 2.45) is 0 Å². The molecule has 3 heterocycles. The summed E-state index contributed by atoms with van der Waals surface area (Å²) in [6, 6.07) is 19.4. The third-order valence-electron chi connectivity index (χ3n) is 6.50. The Kier molecular flexibility index (Phi) is 5.31. The third-order valence-corrected chi connectivity index (χ3v) is 6.50. The quantitative estimate of drug-likeness (QED) is 0.637. The Balaban J connectivity index is 1.76. The average Bonchev–Trinajstić information content (AvgIpc) is 3.28. The number of carbonyl (C=O) groups excluding carboxylic acids is 1. The molecule has 0 spiro atoms. The third kappa shape index (κ3) is 3.31. The molecule has 3 aromatic rings. The fourth-order valence-electron chi connectivity index (χ4n) is 5.01. The number of fused-ring (bicyclic) bond motifs is 3. The molecule has 1 atom stereocenters. The molecule has 0 aliphatic carbocycles. The van der Waals surface area contributed by atoms with E-state index in [1.807, 2.05) is 65.5 Å². The number of hydrogen-bond donors (Lipinski definition) is 0. The summed E-state index contributed by atoms with van der Waals surface area (Å²) in [5.74, 6) is -0.0458. The Morgan fingerprint density at radius 1 is 1.06 bits per heavy atom. The van der Waals surface area contributed by atoms with Crippen molar-refractivity contribution >= 4 is 5.91 Å². The van der Waals surface area contributed by atoms with Crippen LogP contribution in [-0.4, -0.2) is 48.8 Å². The van der Waals surface area contributed by atoms with E-state index in [4.69, 9.17) is 4.74 Å². The second-order valence-corrected chi connectivity index (χ2v) is 8.53. The number of pyridine rings is 1. The molecule has 0 N–H and O–H groups in total. The molecule has 5 rings (SSSR count). The van der Waals surface area contributed by atoms with Gasteiger partial charge in [-0.3, -0.25) is 9.59 Å². The number of carbonyl (C=O) groups is 1. The van der Waals surface area contributed by atoms with Gasteiger partial charge in [0.2, 0.25) is 0 Å². The van der Waals surface area contributed by atoms with Crippen LogP contribution in [-0.2, 0) is 11.3 Å². The van der Waals surface area contributed by atoms with E-state index in [2.05, 4.69) is 6.07 Å². The molecule has 1 fully saturated rings. The molecule has 1 aromatic heterocycles. The van der Waals surface area contributed by atoms with E-state index >= 15 is 0 Å². The standard InChI is InChI=1S/C26H27N3O3/c1-27-16-19-11-6-7-13-21(19)24-23(25(30)28-14-8-12-20(28)17-32-2)15-22(26(31)29(24)27)18-9-4-3-5-10-18/h3-7,9-11,13,15,20H,8,12,14,16-17H2,1-2H3/t20-/m1/s1. The zero-order valence-electron chi connectivity index (χ0n) is 18.5. The molecule has 0 unspecified atom stereocenters. The van der Waals surface area contributed by atoms with Crippen LogP contribution in [0.5, 0.6) is 0 Å². The predicted molar refractivity (Wildman–Crippen MR) is 125 cm³/mol. The van der Waals surface area contributed by atoms with Crippen LogP contribution in [0.15, 0.2) is 65.5 Å². The highest BCUT2D eigenvalue weighted by Crippen LogP contribution is 2.34. The minimum Gasteiger partial charge on any atom is -0.383 e. The second-order valence-electron chi connectivity index (χ2n) is 8.53. The minimum atomic E-state index is -0.116. The first-order valence-corrected chi connectivity index (χ1v) is 11.0. The average molecular weight is 430 g/mol. The van der Waals surface area contributed by atoms with Gasteiger partial charge in [-0.05, 0) is 30.0 Å². The number of amides is 1. The van der Waals surface area contributed by atoms with Crippen LogP contribution in [0.3, 0.4) is 0 Å². The molecule has 2 aliphatic rings. The van der Waals surface area contributed by atoms with Crippen molar-refractivity contribution in [1.82, 2.24) is 9.58 Å². The van der Waals surface area contributed by atoms with Crippen molar-refractivity contribution < 1.29 is 9.53 Å². The first kappa shape index (κ1) is 20.5. The van der Waals surface area contributed by atoms with Crippen LogP contribution in [0.2, 0.25) is 0 Å². The summed E-state index contributed by atoms with van der Waals surface area (Å²) in [6.45, 7) is 1.82. The van der Waals surface area contributed by atoms with E-state index in [1.165, 1.54) is 0 Å². The lowest BCUT2D eigenvalue weighted by Crippen LogP contribution is -2.45. The number of ether oxygens (including phenoxy) is 1. The van der Waals surface area contributed by atoms with Gasteiger partial charge in [-0.15, -0.1) is 0 Å². The van der Waals surface area contributed by atoms with E-state index in [0.29, 0.717) is 36.5 Å². The lowest BCUT2D eigenvalue weighted by molar-refractivity contribution is 0.0630. The van der Waals surface area contributed by atoms with Crippen LogP contribution in [0.1, 0.15) is 28.8 Å². The largest absolute Gasteiger partial charge is 0.383 e. The molecule has 0 saturated carbocycles. The maximum atomic E-state index is 14.0. The Hall–Kier alpha value is -3.38. The maximum absolute atomic E-state index is 14.0. The van der Waals surface area contributed by atoms with E-state index < -0.39 is 0 Å². The van der Waals surface area contributed by atoms with E-state index in [1.54, 1.807) is 17.9 Å². The summed E-state index contributed by atoms with van der Waals surface area (Å²) in [5, 5.41) is 1.90. The SMILES string of the molecule is COC[C@H]1CCCN1C(=O)c1cc(-c2ccccc2)c(=O)n2c1-c1ccccc1CN2C. The zero-order valence-corrected chi connectivity index (χ0v) is 18.5. The fraction of sp³-hybridized carbons (Fsp3) is 0.308. The fourth-order valence-corrected chi connectivity index (χ4v) is 5.01. The molecule has 1 amide bonds. The molecule has 164 valence electrons. The van der Waals surface area contributed by atoms with Crippen molar-refractivity contribution in [1.29, 1.82) is 0 Å². The highest BCUT2D eigenvalue weighted by molar-refractivity contribution is 6.02. The summed E-state index contributed by atoms with van der Waals surface area (Å²) >= 11 is 0. The number of benzene rings is 2. The number of nitrogens with zero attached hydrogens (tertiary/aromatic N) is 3. The van der Waals surface area contributed by atoms with Crippen molar-refractivity contribution in [3.63, 3.8) is 0 Å². The number of hydrogen-bond acceptors (Lipinski definition) is 4. The predicted octanol–water partition coefficient (Wildman–Crippen LogP) is 3.51. The van der Waals surface area contributed by atoms with Gasteiger partial charge in [0.15, 0.2) is 0 Å². The minimum absolute atomic E-state index is 0.0458. The zero-order chi connectivity index (χ0) is 22.2. The first-order chi connectivity index (χ1) is 15.6. The Bertz CT molecular complexity index is 1220. The molecule has 0 radical (unpaired) electrons. The highest BCUT2D eigenvalue weighted by Gasteiger charge is 2.34. The van der Waals surface area contributed by atoms with Crippen LogP contribution >= 0.6 is 0 Å².